The second-order valence-corrected chi connectivity index (χ2v) is 7.34. The quantitative estimate of drug-likeness (QED) is 0.832. The summed E-state index contributed by atoms with van der Waals surface area (Å²) in [5.74, 6) is 0.972. The zero-order chi connectivity index (χ0) is 16.9. The molecule has 0 saturated carbocycles. The van der Waals surface area contributed by atoms with Crippen LogP contribution in [0.4, 0.5) is 0 Å². The fourth-order valence-electron chi connectivity index (χ4n) is 3.79. The Morgan fingerprint density at radius 2 is 1.92 bits per heavy atom. The molecule has 132 valence electrons. The van der Waals surface area contributed by atoms with Gasteiger partial charge in [-0.2, -0.15) is 0 Å². The van der Waals surface area contributed by atoms with Gasteiger partial charge in [0.25, 0.3) is 0 Å². The van der Waals surface area contributed by atoms with Crippen molar-refractivity contribution in [3.63, 3.8) is 0 Å². The van der Waals surface area contributed by atoms with Crippen LogP contribution < -0.4 is 0 Å². The van der Waals surface area contributed by atoms with Crippen LogP contribution in [0.1, 0.15) is 32.3 Å². The van der Waals surface area contributed by atoms with E-state index in [-0.39, 0.29) is 18.1 Å². The Labute approximate surface area is 145 Å². The van der Waals surface area contributed by atoms with Crippen LogP contribution in [-0.2, 0) is 20.7 Å². The molecule has 0 unspecified atom stereocenters. The first kappa shape index (κ1) is 17.4. The second-order valence-electron chi connectivity index (χ2n) is 7.34. The van der Waals surface area contributed by atoms with Crippen LogP contribution >= 0.6 is 0 Å². The summed E-state index contributed by atoms with van der Waals surface area (Å²) < 4.78 is 11.3. The summed E-state index contributed by atoms with van der Waals surface area (Å²) in [6.07, 6.45) is 2.82. The molecule has 2 aliphatic heterocycles. The minimum Gasteiger partial charge on any atom is -0.350 e. The first-order valence-corrected chi connectivity index (χ1v) is 9.21. The molecular weight excluding hydrogens is 302 g/mol. The molecule has 0 aromatic heterocycles. The normalized spacial score (nSPS) is 23.6. The van der Waals surface area contributed by atoms with Gasteiger partial charge in [0.15, 0.2) is 6.29 Å². The van der Waals surface area contributed by atoms with Crippen LogP contribution in [0, 0.1) is 17.8 Å². The second kappa shape index (κ2) is 8.13. The number of piperidine rings is 1. The Hall–Kier alpha value is -1.39. The van der Waals surface area contributed by atoms with E-state index in [1.54, 1.807) is 0 Å². The summed E-state index contributed by atoms with van der Waals surface area (Å²) in [5.41, 5.74) is 1.24. The highest BCUT2D eigenvalue weighted by molar-refractivity contribution is 5.79. The van der Waals surface area contributed by atoms with Crippen molar-refractivity contribution in [2.45, 2.75) is 39.4 Å². The van der Waals surface area contributed by atoms with Crippen LogP contribution in [-0.4, -0.2) is 43.4 Å². The van der Waals surface area contributed by atoms with Crippen molar-refractivity contribution in [3.05, 3.63) is 35.9 Å². The smallest absolute Gasteiger partial charge is 0.226 e. The molecule has 2 fully saturated rings. The number of rotatable bonds is 5. The summed E-state index contributed by atoms with van der Waals surface area (Å²) in [4.78, 5) is 15.2. The molecule has 4 heteroatoms. The van der Waals surface area contributed by atoms with Gasteiger partial charge < -0.3 is 14.4 Å². The number of likely N-dealkylation sites (tertiary alicyclic amines) is 1. The van der Waals surface area contributed by atoms with Gasteiger partial charge >= 0.3 is 0 Å². The molecule has 1 amide bonds. The molecule has 1 aromatic rings. The van der Waals surface area contributed by atoms with Crippen molar-refractivity contribution in [2.24, 2.45) is 17.8 Å². The SMILES string of the molecule is CC(C)[C@@H](Cc1ccccc1)C(=O)N1CCC[C@@H](C2OCCO2)C1. The van der Waals surface area contributed by atoms with Crippen LogP contribution in [0.25, 0.3) is 0 Å². The predicted molar refractivity (Wildman–Crippen MR) is 93.5 cm³/mol. The molecule has 2 saturated heterocycles. The average molecular weight is 331 g/mol. The molecule has 3 rings (SSSR count). The van der Waals surface area contributed by atoms with E-state index in [0.29, 0.717) is 25.0 Å². The van der Waals surface area contributed by atoms with Gasteiger partial charge in [-0.05, 0) is 30.7 Å². The highest BCUT2D eigenvalue weighted by Gasteiger charge is 2.35. The first-order valence-electron chi connectivity index (χ1n) is 9.21. The third kappa shape index (κ3) is 4.17. The van der Waals surface area contributed by atoms with Crippen LogP contribution in [0.5, 0.6) is 0 Å². The number of hydrogen-bond donors (Lipinski definition) is 0. The van der Waals surface area contributed by atoms with E-state index in [9.17, 15) is 4.79 Å². The van der Waals surface area contributed by atoms with Gasteiger partial charge in [-0.25, -0.2) is 0 Å². The van der Waals surface area contributed by atoms with Crippen molar-refractivity contribution in [1.29, 1.82) is 0 Å². The highest BCUT2D eigenvalue weighted by Crippen LogP contribution is 2.28. The molecular formula is C20H29NO3. The number of carbonyl (C=O) groups excluding carboxylic acids is 1. The zero-order valence-electron chi connectivity index (χ0n) is 14.8. The van der Waals surface area contributed by atoms with Crippen LogP contribution in [0.3, 0.4) is 0 Å². The van der Waals surface area contributed by atoms with Gasteiger partial charge in [-0.1, -0.05) is 44.2 Å². The zero-order valence-corrected chi connectivity index (χ0v) is 14.8. The molecule has 0 N–H and O–H groups in total. The highest BCUT2D eigenvalue weighted by atomic mass is 16.7. The summed E-state index contributed by atoms with van der Waals surface area (Å²) >= 11 is 0. The van der Waals surface area contributed by atoms with E-state index in [1.165, 1.54) is 5.56 Å². The Balaban J connectivity index is 1.65. The van der Waals surface area contributed by atoms with Crippen molar-refractivity contribution >= 4 is 5.91 Å². The number of carbonyl (C=O) groups is 1. The fraction of sp³-hybridized carbons (Fsp3) is 0.650. The largest absolute Gasteiger partial charge is 0.350 e. The van der Waals surface area contributed by atoms with Crippen LogP contribution in [0.15, 0.2) is 30.3 Å². The third-order valence-electron chi connectivity index (χ3n) is 5.22. The minimum atomic E-state index is -0.118. The molecule has 2 atom stereocenters. The molecule has 0 bridgehead atoms. The van der Waals surface area contributed by atoms with E-state index in [0.717, 1.165) is 32.4 Å². The molecule has 1 aromatic carbocycles. The van der Waals surface area contributed by atoms with Gasteiger partial charge in [-0.15, -0.1) is 0 Å². The summed E-state index contributed by atoms with van der Waals surface area (Å²) in [6, 6.07) is 10.3. The van der Waals surface area contributed by atoms with Gasteiger partial charge in [0.05, 0.1) is 13.2 Å². The van der Waals surface area contributed by atoms with Gasteiger partial charge in [0, 0.05) is 24.9 Å². The molecule has 2 heterocycles. The Bertz CT molecular complexity index is 525. The predicted octanol–water partition coefficient (Wildman–Crippen LogP) is 3.11. The lowest BCUT2D eigenvalue weighted by Crippen LogP contribution is -2.47. The summed E-state index contributed by atoms with van der Waals surface area (Å²) in [7, 11) is 0. The standard InChI is InChI=1S/C20H29NO3/c1-15(2)18(13-16-7-4-3-5-8-16)19(22)21-10-6-9-17(14-21)20-23-11-12-24-20/h3-5,7-8,15,17-18,20H,6,9-14H2,1-2H3/t17-,18-/m1/s1. The summed E-state index contributed by atoms with van der Waals surface area (Å²) in [6.45, 7) is 7.28. The number of hydrogen-bond acceptors (Lipinski definition) is 3. The molecule has 4 nitrogen and oxygen atoms in total. The molecule has 0 spiro atoms. The molecule has 0 radical (unpaired) electrons. The van der Waals surface area contributed by atoms with Crippen molar-refractivity contribution < 1.29 is 14.3 Å². The van der Waals surface area contributed by atoms with Crippen molar-refractivity contribution in [1.82, 2.24) is 4.90 Å². The molecule has 0 aliphatic carbocycles. The minimum absolute atomic E-state index is 0.0385. The topological polar surface area (TPSA) is 38.8 Å². The van der Waals surface area contributed by atoms with Crippen molar-refractivity contribution in [2.75, 3.05) is 26.3 Å². The van der Waals surface area contributed by atoms with E-state index in [1.807, 2.05) is 23.1 Å². The molecule has 24 heavy (non-hydrogen) atoms. The monoisotopic (exact) mass is 331 g/mol. The maximum absolute atomic E-state index is 13.1. The maximum Gasteiger partial charge on any atom is 0.226 e. The number of benzene rings is 1. The Kier molecular flexibility index (Phi) is 5.90. The van der Waals surface area contributed by atoms with E-state index in [4.69, 9.17) is 9.47 Å². The van der Waals surface area contributed by atoms with Crippen LogP contribution in [0.2, 0.25) is 0 Å². The lowest BCUT2D eigenvalue weighted by atomic mass is 9.86. The number of amides is 1. The average Bonchev–Trinajstić information content (AvgIpc) is 3.14. The van der Waals surface area contributed by atoms with Crippen molar-refractivity contribution in [3.8, 4) is 0 Å². The maximum atomic E-state index is 13.1. The van der Waals surface area contributed by atoms with E-state index in [2.05, 4.69) is 26.0 Å². The third-order valence-corrected chi connectivity index (χ3v) is 5.22. The number of ether oxygens (including phenoxy) is 2. The Morgan fingerprint density at radius 3 is 2.58 bits per heavy atom. The van der Waals surface area contributed by atoms with E-state index < -0.39 is 0 Å². The summed E-state index contributed by atoms with van der Waals surface area (Å²) in [5, 5.41) is 0. The lowest BCUT2D eigenvalue weighted by molar-refractivity contribution is -0.144. The van der Waals surface area contributed by atoms with E-state index >= 15 is 0 Å². The van der Waals surface area contributed by atoms with Gasteiger partial charge in [0.2, 0.25) is 5.91 Å². The number of nitrogens with zero attached hydrogens (tertiary/aromatic N) is 1. The molecule has 2 aliphatic rings. The first-order chi connectivity index (χ1) is 11.6. The Morgan fingerprint density at radius 1 is 1.21 bits per heavy atom. The van der Waals surface area contributed by atoms with Gasteiger partial charge in [0.1, 0.15) is 0 Å². The fourth-order valence-corrected chi connectivity index (χ4v) is 3.79. The lowest BCUT2D eigenvalue weighted by Gasteiger charge is -2.37. The van der Waals surface area contributed by atoms with Gasteiger partial charge in [-0.3, -0.25) is 4.79 Å².